The number of nitrogens with one attached hydrogen (secondary N) is 1. The Morgan fingerprint density at radius 1 is 1.33 bits per heavy atom. The molecule has 1 heterocycles. The molecule has 96 valence electrons. The van der Waals surface area contributed by atoms with Gasteiger partial charge in [-0.1, -0.05) is 19.3 Å². The fraction of sp³-hybridized carbons (Fsp3) is 0.600. The van der Waals surface area contributed by atoms with E-state index >= 15 is 0 Å². The van der Waals surface area contributed by atoms with E-state index in [0.29, 0.717) is 17.5 Å². The molecule has 1 fully saturated rings. The Hall–Kier alpha value is -1.56. The molecule has 0 bridgehead atoms. The lowest BCUT2D eigenvalue weighted by atomic mass is 9.84. The number of hydrogen-bond acceptors (Lipinski definition) is 3. The molecule has 0 amide bonds. The monoisotopic (exact) mass is 243 g/mol. The van der Waals surface area contributed by atoms with Crippen LogP contribution in [0.2, 0.25) is 0 Å². The lowest BCUT2D eigenvalue weighted by Gasteiger charge is -2.28. The summed E-state index contributed by atoms with van der Waals surface area (Å²) in [5.41, 5.74) is 1.59. The van der Waals surface area contributed by atoms with Gasteiger partial charge in [-0.25, -0.2) is 4.98 Å². The highest BCUT2D eigenvalue weighted by Crippen LogP contribution is 2.28. The summed E-state index contributed by atoms with van der Waals surface area (Å²) in [7, 11) is 0. The first-order valence-corrected chi connectivity index (χ1v) is 6.85. The number of rotatable bonds is 3. The maximum atomic E-state index is 9.10. The minimum atomic E-state index is 0.395. The summed E-state index contributed by atoms with van der Waals surface area (Å²) in [5, 5.41) is 12.5. The van der Waals surface area contributed by atoms with Crippen LogP contribution in [0.1, 0.15) is 50.3 Å². The molecular weight excluding hydrogens is 222 g/mol. The van der Waals surface area contributed by atoms with Crippen LogP contribution in [-0.2, 0) is 0 Å². The lowest BCUT2D eigenvalue weighted by Crippen LogP contribution is -2.28. The highest BCUT2D eigenvalue weighted by molar-refractivity contribution is 5.52. The molecule has 3 heteroatoms. The molecule has 0 aliphatic heterocycles. The lowest BCUT2D eigenvalue weighted by molar-refractivity contribution is 0.328. The van der Waals surface area contributed by atoms with Gasteiger partial charge < -0.3 is 5.32 Å². The fourth-order valence-electron chi connectivity index (χ4n) is 2.72. The van der Waals surface area contributed by atoms with Gasteiger partial charge in [-0.05, 0) is 44.7 Å². The second-order valence-electron chi connectivity index (χ2n) is 5.29. The predicted molar refractivity (Wildman–Crippen MR) is 73.3 cm³/mol. The number of hydrogen-bond donors (Lipinski definition) is 1. The van der Waals surface area contributed by atoms with Crippen LogP contribution in [0.3, 0.4) is 0 Å². The molecule has 1 N–H and O–H groups in total. The summed E-state index contributed by atoms with van der Waals surface area (Å²) in [6, 6.07) is 6.33. The topological polar surface area (TPSA) is 48.7 Å². The first-order chi connectivity index (χ1) is 8.70. The molecule has 2 rings (SSSR count). The van der Waals surface area contributed by atoms with Crippen molar-refractivity contribution in [3.63, 3.8) is 0 Å². The van der Waals surface area contributed by atoms with Gasteiger partial charge in [-0.2, -0.15) is 5.26 Å². The van der Waals surface area contributed by atoms with E-state index in [4.69, 9.17) is 5.26 Å². The predicted octanol–water partition coefficient (Wildman–Crippen LogP) is 3.64. The molecule has 1 aliphatic rings. The highest BCUT2D eigenvalue weighted by Gasteiger charge is 2.20. The normalized spacial score (nSPS) is 18.1. The minimum absolute atomic E-state index is 0.395. The van der Waals surface area contributed by atoms with Gasteiger partial charge >= 0.3 is 0 Å². The first kappa shape index (κ1) is 12.9. The molecule has 0 spiro atoms. The third-order valence-corrected chi connectivity index (χ3v) is 3.88. The van der Waals surface area contributed by atoms with Crippen molar-refractivity contribution in [2.45, 2.75) is 52.0 Å². The average molecular weight is 243 g/mol. The Labute approximate surface area is 109 Å². The van der Waals surface area contributed by atoms with Crippen molar-refractivity contribution in [1.29, 1.82) is 5.26 Å². The molecule has 0 saturated heterocycles. The zero-order chi connectivity index (χ0) is 13.0. The van der Waals surface area contributed by atoms with Crippen molar-refractivity contribution >= 4 is 5.82 Å². The molecule has 1 atom stereocenters. The van der Waals surface area contributed by atoms with Gasteiger partial charge in [0.15, 0.2) is 0 Å². The molecule has 1 saturated carbocycles. The van der Waals surface area contributed by atoms with E-state index < -0.39 is 0 Å². The summed E-state index contributed by atoms with van der Waals surface area (Å²) >= 11 is 0. The Kier molecular flexibility index (Phi) is 4.19. The summed E-state index contributed by atoms with van der Waals surface area (Å²) in [4.78, 5) is 4.45. The van der Waals surface area contributed by atoms with Crippen LogP contribution in [0.15, 0.2) is 12.1 Å². The summed E-state index contributed by atoms with van der Waals surface area (Å²) < 4.78 is 0. The number of nitrogens with zero attached hydrogens (tertiary/aromatic N) is 2. The van der Waals surface area contributed by atoms with Crippen LogP contribution in [0.5, 0.6) is 0 Å². The first-order valence-electron chi connectivity index (χ1n) is 6.85. The summed E-state index contributed by atoms with van der Waals surface area (Å²) in [6.45, 7) is 4.17. The van der Waals surface area contributed by atoms with Gasteiger partial charge in [-0.3, -0.25) is 0 Å². The molecule has 1 aromatic heterocycles. The molecular formula is C15H21N3. The average Bonchev–Trinajstić information content (AvgIpc) is 2.40. The molecule has 1 unspecified atom stereocenters. The van der Waals surface area contributed by atoms with Gasteiger partial charge in [0.25, 0.3) is 0 Å². The van der Waals surface area contributed by atoms with E-state index in [9.17, 15) is 0 Å². The van der Waals surface area contributed by atoms with Gasteiger partial charge in [0, 0.05) is 11.7 Å². The number of aryl methyl sites for hydroxylation is 1. The molecule has 1 aromatic rings. The summed E-state index contributed by atoms with van der Waals surface area (Å²) in [5.74, 6) is 1.46. The number of nitriles is 1. The van der Waals surface area contributed by atoms with Crippen LogP contribution in [0.25, 0.3) is 0 Å². The van der Waals surface area contributed by atoms with E-state index in [-0.39, 0.29) is 0 Å². The number of anilines is 1. The molecule has 0 aromatic carbocycles. The molecule has 0 radical (unpaired) electrons. The molecule has 1 aliphatic carbocycles. The van der Waals surface area contributed by atoms with Crippen molar-refractivity contribution in [3.05, 3.63) is 23.4 Å². The van der Waals surface area contributed by atoms with E-state index in [1.807, 2.05) is 19.1 Å². The van der Waals surface area contributed by atoms with Crippen molar-refractivity contribution in [2.75, 3.05) is 5.32 Å². The quantitative estimate of drug-likeness (QED) is 0.881. The largest absolute Gasteiger partial charge is 0.366 e. The van der Waals surface area contributed by atoms with Gasteiger partial charge in [0.05, 0.1) is 5.56 Å². The van der Waals surface area contributed by atoms with Crippen molar-refractivity contribution < 1.29 is 0 Å². The molecule has 18 heavy (non-hydrogen) atoms. The number of pyridine rings is 1. The maximum Gasteiger partial charge on any atom is 0.144 e. The van der Waals surface area contributed by atoms with Crippen LogP contribution < -0.4 is 5.32 Å². The van der Waals surface area contributed by atoms with Gasteiger partial charge in [-0.15, -0.1) is 0 Å². The van der Waals surface area contributed by atoms with Crippen LogP contribution in [0, 0.1) is 24.2 Å². The van der Waals surface area contributed by atoms with Crippen molar-refractivity contribution in [3.8, 4) is 6.07 Å². The Balaban J connectivity index is 2.08. The van der Waals surface area contributed by atoms with E-state index in [2.05, 4.69) is 23.3 Å². The Morgan fingerprint density at radius 2 is 2.06 bits per heavy atom. The third-order valence-electron chi connectivity index (χ3n) is 3.88. The third kappa shape index (κ3) is 3.01. The highest BCUT2D eigenvalue weighted by atomic mass is 15.0. The second-order valence-corrected chi connectivity index (χ2v) is 5.29. The zero-order valence-corrected chi connectivity index (χ0v) is 11.2. The maximum absolute atomic E-state index is 9.10. The number of aromatic nitrogens is 1. The van der Waals surface area contributed by atoms with Crippen molar-refractivity contribution in [1.82, 2.24) is 4.98 Å². The molecule has 3 nitrogen and oxygen atoms in total. The van der Waals surface area contributed by atoms with E-state index in [1.54, 1.807) is 0 Å². The standard InChI is InChI=1S/C15H21N3/c1-11-8-9-14(10-16)15(17-11)18-12(2)13-6-4-3-5-7-13/h8-9,12-13H,3-7H2,1-2H3,(H,17,18). The van der Waals surface area contributed by atoms with Crippen LogP contribution >= 0.6 is 0 Å². The van der Waals surface area contributed by atoms with Crippen LogP contribution in [-0.4, -0.2) is 11.0 Å². The van der Waals surface area contributed by atoms with E-state index in [0.717, 1.165) is 11.5 Å². The Morgan fingerprint density at radius 3 is 2.72 bits per heavy atom. The smallest absolute Gasteiger partial charge is 0.144 e. The second kappa shape index (κ2) is 5.86. The van der Waals surface area contributed by atoms with Gasteiger partial charge in [0.2, 0.25) is 0 Å². The minimum Gasteiger partial charge on any atom is -0.366 e. The van der Waals surface area contributed by atoms with Gasteiger partial charge in [0.1, 0.15) is 11.9 Å². The van der Waals surface area contributed by atoms with E-state index in [1.165, 1.54) is 32.1 Å². The zero-order valence-electron chi connectivity index (χ0n) is 11.2. The SMILES string of the molecule is Cc1ccc(C#N)c(NC(C)C2CCCCC2)n1. The van der Waals surface area contributed by atoms with Crippen molar-refractivity contribution in [2.24, 2.45) is 5.92 Å². The Bertz CT molecular complexity index is 442. The summed E-state index contributed by atoms with van der Waals surface area (Å²) in [6.07, 6.45) is 6.63. The van der Waals surface area contributed by atoms with Crippen LogP contribution in [0.4, 0.5) is 5.82 Å². The fourth-order valence-corrected chi connectivity index (χ4v) is 2.72.